The molecule has 0 fully saturated rings. The molecule has 0 saturated carbocycles. The summed E-state index contributed by atoms with van der Waals surface area (Å²) in [5.41, 5.74) is 0.0994. The van der Waals surface area contributed by atoms with Crippen molar-refractivity contribution in [2.24, 2.45) is 0 Å². The maximum atomic E-state index is 11.6. The second kappa shape index (κ2) is 4.76. The summed E-state index contributed by atoms with van der Waals surface area (Å²) in [4.78, 5) is 10.2. The van der Waals surface area contributed by atoms with Crippen molar-refractivity contribution < 1.29 is 14.6 Å². The van der Waals surface area contributed by atoms with Crippen LogP contribution in [0.25, 0.3) is 0 Å². The minimum absolute atomic E-state index is 0.408. The van der Waals surface area contributed by atoms with E-state index in [1.165, 1.54) is 19.6 Å². The van der Waals surface area contributed by atoms with Gasteiger partial charge in [0.1, 0.15) is 0 Å². The molecule has 0 aromatic heterocycles. The summed E-state index contributed by atoms with van der Waals surface area (Å²) in [6, 6.07) is 0. The van der Waals surface area contributed by atoms with E-state index < -0.39 is 16.4 Å². The van der Waals surface area contributed by atoms with Crippen LogP contribution in [0.4, 0.5) is 0 Å². The molecule has 1 rings (SSSR count). The van der Waals surface area contributed by atoms with Crippen LogP contribution in [-0.4, -0.2) is 28.7 Å². The van der Waals surface area contributed by atoms with E-state index in [0.717, 1.165) is 12.8 Å². The largest absolute Gasteiger partial charge is 0.468 e. The predicted octanol–water partition coefficient (Wildman–Crippen LogP) is 2.41. The number of aliphatic hydroxyl groups is 1. The third-order valence-electron chi connectivity index (χ3n) is 3.48. The van der Waals surface area contributed by atoms with Gasteiger partial charge in [0.15, 0.2) is 4.87 Å². The molecule has 0 aromatic carbocycles. The van der Waals surface area contributed by atoms with Crippen LogP contribution in [0.15, 0.2) is 11.6 Å². The summed E-state index contributed by atoms with van der Waals surface area (Å²) in [6.45, 7) is 3.60. The highest BCUT2D eigenvalue weighted by atomic mass is 35.5. The fourth-order valence-electron chi connectivity index (χ4n) is 2.01. The Balaban J connectivity index is 2.88. The number of esters is 1. The first-order valence-corrected chi connectivity index (χ1v) is 5.93. The molecule has 16 heavy (non-hydrogen) atoms. The second-order valence-electron chi connectivity index (χ2n) is 4.45. The molecule has 2 atom stereocenters. The minimum atomic E-state index is -1.38. The number of allylic oxidation sites excluding steroid dienone is 1. The van der Waals surface area contributed by atoms with E-state index in [1.807, 2.05) is 6.08 Å². The molecule has 92 valence electrons. The summed E-state index contributed by atoms with van der Waals surface area (Å²) < 4.78 is 4.64. The van der Waals surface area contributed by atoms with E-state index in [-0.39, 0.29) is 0 Å². The van der Waals surface area contributed by atoms with E-state index in [2.05, 4.69) is 11.7 Å². The van der Waals surface area contributed by atoms with Gasteiger partial charge in [-0.15, -0.1) is 11.6 Å². The molecule has 0 bridgehead atoms. The average molecular weight is 247 g/mol. The van der Waals surface area contributed by atoms with Crippen molar-refractivity contribution in [2.75, 3.05) is 7.11 Å². The summed E-state index contributed by atoms with van der Waals surface area (Å²) in [5, 5.41) is 10.4. The first-order chi connectivity index (χ1) is 7.37. The van der Waals surface area contributed by atoms with Crippen LogP contribution < -0.4 is 0 Å². The molecule has 1 aliphatic carbocycles. The van der Waals surface area contributed by atoms with Gasteiger partial charge in [0.2, 0.25) is 0 Å². The number of rotatable bonds is 3. The number of carbonyl (C=O) groups is 1. The highest BCUT2D eigenvalue weighted by Crippen LogP contribution is 2.41. The monoisotopic (exact) mass is 246 g/mol. The Labute approximate surface area is 101 Å². The number of methoxy groups -OCH3 is 1. The van der Waals surface area contributed by atoms with E-state index in [4.69, 9.17) is 11.6 Å². The zero-order chi connectivity index (χ0) is 12.4. The van der Waals surface area contributed by atoms with Crippen LogP contribution in [0.1, 0.15) is 39.5 Å². The Hall–Kier alpha value is -0.540. The molecular formula is C12H19ClO3. The van der Waals surface area contributed by atoms with Crippen LogP contribution in [0.5, 0.6) is 0 Å². The summed E-state index contributed by atoms with van der Waals surface area (Å²) in [6.07, 6.45) is 4.65. The zero-order valence-electron chi connectivity index (χ0n) is 10.0. The van der Waals surface area contributed by atoms with Crippen LogP contribution >= 0.6 is 11.6 Å². The maximum absolute atomic E-state index is 11.6. The molecule has 1 aliphatic rings. The van der Waals surface area contributed by atoms with Crippen molar-refractivity contribution in [1.82, 2.24) is 0 Å². The number of halogens is 1. The zero-order valence-corrected chi connectivity index (χ0v) is 10.8. The molecule has 0 spiro atoms. The van der Waals surface area contributed by atoms with Crippen molar-refractivity contribution in [3.05, 3.63) is 11.6 Å². The molecule has 3 nitrogen and oxygen atoms in total. The van der Waals surface area contributed by atoms with E-state index in [1.54, 1.807) is 0 Å². The molecule has 1 N–H and O–H groups in total. The van der Waals surface area contributed by atoms with Gasteiger partial charge in [-0.05, 0) is 32.6 Å². The molecule has 0 saturated heterocycles. The van der Waals surface area contributed by atoms with E-state index in [9.17, 15) is 9.90 Å². The molecular weight excluding hydrogens is 228 g/mol. The molecule has 4 heteroatoms. The van der Waals surface area contributed by atoms with E-state index in [0.29, 0.717) is 12.8 Å². The van der Waals surface area contributed by atoms with Crippen molar-refractivity contribution >= 4 is 17.6 Å². The van der Waals surface area contributed by atoms with Gasteiger partial charge in [-0.25, -0.2) is 0 Å². The third kappa shape index (κ3) is 2.25. The van der Waals surface area contributed by atoms with Gasteiger partial charge in [-0.1, -0.05) is 18.6 Å². The molecule has 0 radical (unpaired) electrons. The molecule has 0 heterocycles. The minimum Gasteiger partial charge on any atom is -0.468 e. The first-order valence-electron chi connectivity index (χ1n) is 5.55. The summed E-state index contributed by atoms with van der Waals surface area (Å²) >= 11 is 6.14. The second-order valence-corrected chi connectivity index (χ2v) is 5.20. The van der Waals surface area contributed by atoms with Crippen molar-refractivity contribution in [3.8, 4) is 0 Å². The number of hydrogen-bond acceptors (Lipinski definition) is 3. The van der Waals surface area contributed by atoms with Crippen LogP contribution in [0.2, 0.25) is 0 Å². The number of ether oxygens (including phenoxy) is 1. The lowest BCUT2D eigenvalue weighted by atomic mass is 9.76. The SMILES string of the molecule is CCC1=CCC(O)(C(C)(Cl)C(=O)OC)CC1. The fourth-order valence-corrected chi connectivity index (χ4v) is 2.26. The van der Waals surface area contributed by atoms with Gasteiger partial charge >= 0.3 is 5.97 Å². The Morgan fingerprint density at radius 3 is 2.75 bits per heavy atom. The van der Waals surface area contributed by atoms with Gasteiger partial charge in [0.25, 0.3) is 0 Å². The molecule has 0 aromatic rings. The Morgan fingerprint density at radius 2 is 2.38 bits per heavy atom. The van der Waals surface area contributed by atoms with E-state index >= 15 is 0 Å². The number of carbonyl (C=O) groups excluding carboxylic acids is 1. The average Bonchev–Trinajstić information content (AvgIpc) is 2.28. The van der Waals surface area contributed by atoms with Crippen molar-refractivity contribution in [3.63, 3.8) is 0 Å². The predicted molar refractivity (Wildman–Crippen MR) is 63.4 cm³/mol. The van der Waals surface area contributed by atoms with Crippen LogP contribution in [-0.2, 0) is 9.53 Å². The smallest absolute Gasteiger partial charge is 0.329 e. The third-order valence-corrected chi connectivity index (χ3v) is 3.99. The fraction of sp³-hybridized carbons (Fsp3) is 0.750. The maximum Gasteiger partial charge on any atom is 0.329 e. The lowest BCUT2D eigenvalue weighted by Gasteiger charge is -2.40. The highest BCUT2D eigenvalue weighted by Gasteiger charge is 2.52. The van der Waals surface area contributed by atoms with Gasteiger partial charge in [0.05, 0.1) is 12.7 Å². The number of hydrogen-bond donors (Lipinski definition) is 1. The Kier molecular flexibility index (Phi) is 4.02. The lowest BCUT2D eigenvalue weighted by molar-refractivity contribution is -0.152. The lowest BCUT2D eigenvalue weighted by Crippen LogP contribution is -2.54. The van der Waals surface area contributed by atoms with Gasteiger partial charge in [-0.3, -0.25) is 4.79 Å². The normalized spacial score (nSPS) is 29.2. The van der Waals surface area contributed by atoms with Crippen LogP contribution in [0.3, 0.4) is 0 Å². The first kappa shape index (κ1) is 13.5. The van der Waals surface area contributed by atoms with Crippen molar-refractivity contribution in [1.29, 1.82) is 0 Å². The van der Waals surface area contributed by atoms with Gasteiger partial charge in [0, 0.05) is 0 Å². The summed E-state index contributed by atoms with van der Waals surface area (Å²) in [5.74, 6) is -0.579. The van der Waals surface area contributed by atoms with Gasteiger partial charge < -0.3 is 9.84 Å². The van der Waals surface area contributed by atoms with Crippen molar-refractivity contribution in [2.45, 2.75) is 50.0 Å². The topological polar surface area (TPSA) is 46.5 Å². The molecule has 0 amide bonds. The quantitative estimate of drug-likeness (QED) is 0.473. The number of alkyl halides is 1. The Bertz CT molecular complexity index is 309. The molecule has 0 aliphatic heterocycles. The molecule has 2 unspecified atom stereocenters. The van der Waals surface area contributed by atoms with Crippen LogP contribution in [0, 0.1) is 0 Å². The highest BCUT2D eigenvalue weighted by molar-refractivity contribution is 6.34. The standard InChI is InChI=1S/C12H19ClO3/c1-4-9-5-7-12(15,8-6-9)11(2,13)10(14)16-3/h5,15H,4,6-8H2,1-3H3. The Morgan fingerprint density at radius 1 is 1.75 bits per heavy atom. The van der Waals surface area contributed by atoms with Gasteiger partial charge in [-0.2, -0.15) is 0 Å². The summed E-state index contributed by atoms with van der Waals surface area (Å²) in [7, 11) is 1.28.